The van der Waals surface area contributed by atoms with Gasteiger partial charge >= 0.3 is 0 Å². The monoisotopic (exact) mass is 204 g/mol. The summed E-state index contributed by atoms with van der Waals surface area (Å²) in [6.07, 6.45) is 6.05. The van der Waals surface area contributed by atoms with Gasteiger partial charge in [0.05, 0.1) is 0 Å². The van der Waals surface area contributed by atoms with Crippen LogP contribution in [0.5, 0.6) is 0 Å². The minimum absolute atomic E-state index is 0.310. The number of benzene rings is 1. The predicted molar refractivity (Wildman–Crippen MR) is 63.0 cm³/mol. The molecule has 0 aliphatic heterocycles. The Morgan fingerprint density at radius 3 is 2.87 bits per heavy atom. The van der Waals surface area contributed by atoms with Crippen LogP contribution in [0.1, 0.15) is 36.5 Å². The molecule has 1 atom stereocenters. The highest BCUT2D eigenvalue weighted by molar-refractivity contribution is 5.35. The summed E-state index contributed by atoms with van der Waals surface area (Å²) in [6.45, 7) is 2.41. The molecule has 1 aliphatic carbocycles. The fourth-order valence-corrected chi connectivity index (χ4v) is 2.29. The third-order valence-corrected chi connectivity index (χ3v) is 3.40. The Kier molecular flexibility index (Phi) is 3.42. The molecule has 1 aromatic carbocycles. The number of hydrogen-bond acceptors (Lipinski definition) is 1. The van der Waals surface area contributed by atoms with E-state index in [2.05, 4.69) is 25.1 Å². The molecule has 0 amide bonds. The molecule has 1 aliphatic rings. The number of aliphatic hydroxyl groups excluding tert-OH is 1. The van der Waals surface area contributed by atoms with Crippen LogP contribution in [0.4, 0.5) is 0 Å². The highest BCUT2D eigenvalue weighted by atomic mass is 16.3. The third kappa shape index (κ3) is 2.60. The fraction of sp³-hybridized carbons (Fsp3) is 0.571. The molecular weight excluding hydrogens is 184 g/mol. The Balaban J connectivity index is 1.98. The maximum Gasteiger partial charge on any atom is 0.0456 e. The first-order chi connectivity index (χ1) is 7.29. The molecule has 0 heterocycles. The van der Waals surface area contributed by atoms with Gasteiger partial charge in [0, 0.05) is 6.61 Å². The largest absolute Gasteiger partial charge is 0.396 e. The Morgan fingerprint density at radius 2 is 2.07 bits per heavy atom. The zero-order chi connectivity index (χ0) is 10.7. The summed E-state index contributed by atoms with van der Waals surface area (Å²) in [5, 5.41) is 8.97. The standard InChI is InChI=1S/C14H20O/c1-11(10-15)5-6-12-7-8-13-3-2-4-14(13)9-12/h7-9,11,15H,2-6,10H2,1H3. The molecular formula is C14H20O. The van der Waals surface area contributed by atoms with Crippen molar-refractivity contribution in [2.45, 2.75) is 39.0 Å². The summed E-state index contributed by atoms with van der Waals surface area (Å²) in [5.74, 6) is 0.429. The number of hydrogen-bond donors (Lipinski definition) is 1. The lowest BCUT2D eigenvalue weighted by Gasteiger charge is -2.08. The molecule has 15 heavy (non-hydrogen) atoms. The number of rotatable bonds is 4. The molecule has 2 rings (SSSR count). The van der Waals surface area contributed by atoms with Crippen molar-refractivity contribution in [3.05, 3.63) is 34.9 Å². The average molecular weight is 204 g/mol. The van der Waals surface area contributed by atoms with E-state index in [4.69, 9.17) is 5.11 Å². The highest BCUT2D eigenvalue weighted by Gasteiger charge is 2.10. The van der Waals surface area contributed by atoms with Gasteiger partial charge < -0.3 is 5.11 Å². The smallest absolute Gasteiger partial charge is 0.0456 e. The first kappa shape index (κ1) is 10.7. The number of fused-ring (bicyclic) bond motifs is 1. The minimum atomic E-state index is 0.310. The molecule has 82 valence electrons. The summed E-state index contributed by atoms with van der Waals surface area (Å²) in [6, 6.07) is 6.92. The van der Waals surface area contributed by atoms with Crippen LogP contribution in [0.3, 0.4) is 0 Å². The first-order valence-electron chi connectivity index (χ1n) is 6.01. The molecule has 0 bridgehead atoms. The van der Waals surface area contributed by atoms with E-state index < -0.39 is 0 Å². The van der Waals surface area contributed by atoms with E-state index in [1.807, 2.05) is 0 Å². The fourth-order valence-electron chi connectivity index (χ4n) is 2.29. The van der Waals surface area contributed by atoms with Crippen molar-refractivity contribution in [3.63, 3.8) is 0 Å². The lowest BCUT2D eigenvalue weighted by atomic mass is 9.99. The topological polar surface area (TPSA) is 20.2 Å². The van der Waals surface area contributed by atoms with E-state index in [1.165, 1.54) is 24.8 Å². The Morgan fingerprint density at radius 1 is 1.27 bits per heavy atom. The molecule has 0 fully saturated rings. The predicted octanol–water partition coefficient (Wildman–Crippen LogP) is 2.74. The molecule has 0 radical (unpaired) electrons. The van der Waals surface area contributed by atoms with Gasteiger partial charge in [-0.1, -0.05) is 25.1 Å². The quantitative estimate of drug-likeness (QED) is 0.799. The number of aliphatic hydroxyl groups is 1. The van der Waals surface area contributed by atoms with E-state index in [-0.39, 0.29) is 0 Å². The van der Waals surface area contributed by atoms with Gasteiger partial charge in [-0.3, -0.25) is 0 Å². The summed E-state index contributed by atoms with van der Waals surface area (Å²) >= 11 is 0. The molecule has 0 saturated heterocycles. The number of aryl methyl sites for hydroxylation is 3. The van der Waals surface area contributed by atoms with Crippen LogP contribution in [0.25, 0.3) is 0 Å². The van der Waals surface area contributed by atoms with E-state index in [1.54, 1.807) is 11.1 Å². The van der Waals surface area contributed by atoms with Crippen molar-refractivity contribution >= 4 is 0 Å². The molecule has 1 heteroatoms. The van der Waals surface area contributed by atoms with Crippen LogP contribution < -0.4 is 0 Å². The Hall–Kier alpha value is -0.820. The maximum absolute atomic E-state index is 8.97. The van der Waals surface area contributed by atoms with Crippen LogP contribution in [-0.2, 0) is 19.3 Å². The van der Waals surface area contributed by atoms with Gasteiger partial charge in [-0.2, -0.15) is 0 Å². The van der Waals surface area contributed by atoms with Gasteiger partial charge in [0.1, 0.15) is 0 Å². The van der Waals surface area contributed by atoms with Crippen LogP contribution >= 0.6 is 0 Å². The SMILES string of the molecule is CC(CO)CCc1ccc2c(c1)CCC2. The van der Waals surface area contributed by atoms with Gasteiger partial charge in [-0.05, 0) is 54.7 Å². The van der Waals surface area contributed by atoms with E-state index in [0.717, 1.165) is 12.8 Å². The Labute approximate surface area is 92.1 Å². The second-order valence-corrected chi connectivity index (χ2v) is 4.78. The second-order valence-electron chi connectivity index (χ2n) is 4.78. The molecule has 1 N–H and O–H groups in total. The van der Waals surface area contributed by atoms with Crippen LogP contribution in [-0.4, -0.2) is 11.7 Å². The molecule has 1 nitrogen and oxygen atoms in total. The Bertz CT molecular complexity index is 330. The van der Waals surface area contributed by atoms with Gasteiger partial charge in [-0.15, -0.1) is 0 Å². The van der Waals surface area contributed by atoms with E-state index in [0.29, 0.717) is 12.5 Å². The molecule has 0 aromatic heterocycles. The van der Waals surface area contributed by atoms with Gasteiger partial charge in [0.25, 0.3) is 0 Å². The average Bonchev–Trinajstić information content (AvgIpc) is 2.72. The lowest BCUT2D eigenvalue weighted by molar-refractivity contribution is 0.230. The summed E-state index contributed by atoms with van der Waals surface area (Å²) < 4.78 is 0. The van der Waals surface area contributed by atoms with Crippen molar-refractivity contribution < 1.29 is 5.11 Å². The van der Waals surface area contributed by atoms with Gasteiger partial charge in [0.2, 0.25) is 0 Å². The zero-order valence-electron chi connectivity index (χ0n) is 9.50. The third-order valence-electron chi connectivity index (χ3n) is 3.40. The van der Waals surface area contributed by atoms with Crippen LogP contribution in [0, 0.1) is 5.92 Å². The van der Waals surface area contributed by atoms with Crippen molar-refractivity contribution in [2.75, 3.05) is 6.61 Å². The first-order valence-corrected chi connectivity index (χ1v) is 6.01. The summed E-state index contributed by atoms with van der Waals surface area (Å²) in [4.78, 5) is 0. The van der Waals surface area contributed by atoms with E-state index in [9.17, 15) is 0 Å². The minimum Gasteiger partial charge on any atom is -0.396 e. The van der Waals surface area contributed by atoms with Crippen molar-refractivity contribution in [1.29, 1.82) is 0 Å². The molecule has 0 spiro atoms. The summed E-state index contributed by atoms with van der Waals surface area (Å²) in [7, 11) is 0. The normalized spacial score (nSPS) is 16.4. The van der Waals surface area contributed by atoms with E-state index >= 15 is 0 Å². The second kappa shape index (κ2) is 4.80. The summed E-state index contributed by atoms with van der Waals surface area (Å²) in [5.41, 5.74) is 4.55. The molecule has 0 saturated carbocycles. The van der Waals surface area contributed by atoms with Gasteiger partial charge in [0.15, 0.2) is 0 Å². The maximum atomic E-state index is 8.97. The van der Waals surface area contributed by atoms with Crippen LogP contribution in [0.15, 0.2) is 18.2 Å². The van der Waals surface area contributed by atoms with Crippen molar-refractivity contribution in [1.82, 2.24) is 0 Å². The zero-order valence-corrected chi connectivity index (χ0v) is 9.50. The molecule has 1 aromatic rings. The van der Waals surface area contributed by atoms with Crippen molar-refractivity contribution in [2.24, 2.45) is 5.92 Å². The highest BCUT2D eigenvalue weighted by Crippen LogP contribution is 2.23. The molecule has 1 unspecified atom stereocenters. The van der Waals surface area contributed by atoms with Crippen LogP contribution in [0.2, 0.25) is 0 Å². The lowest BCUT2D eigenvalue weighted by Crippen LogP contribution is -2.02. The van der Waals surface area contributed by atoms with Crippen molar-refractivity contribution in [3.8, 4) is 0 Å². The van der Waals surface area contributed by atoms with Gasteiger partial charge in [-0.25, -0.2) is 0 Å².